The highest BCUT2D eigenvalue weighted by Crippen LogP contribution is 2.34. The number of aliphatic hydroxyl groups excluding tert-OH is 2. The maximum absolute atomic E-state index is 9.79. The molecule has 0 spiro atoms. The first-order chi connectivity index (χ1) is 9.11. The first kappa shape index (κ1) is 15.0. The van der Waals surface area contributed by atoms with Crippen LogP contribution in [0.25, 0.3) is 0 Å². The predicted molar refractivity (Wildman–Crippen MR) is 83.0 cm³/mol. The van der Waals surface area contributed by atoms with Crippen LogP contribution in [0.2, 0.25) is 5.02 Å². The van der Waals surface area contributed by atoms with Crippen molar-refractivity contribution in [3.63, 3.8) is 0 Å². The van der Waals surface area contributed by atoms with Crippen LogP contribution in [0.3, 0.4) is 0 Å². The van der Waals surface area contributed by atoms with Gasteiger partial charge in [-0.3, -0.25) is 0 Å². The van der Waals surface area contributed by atoms with Crippen LogP contribution in [0.4, 0.5) is 0 Å². The number of rotatable bonds is 5. The molecule has 0 aliphatic heterocycles. The van der Waals surface area contributed by atoms with Gasteiger partial charge in [0.15, 0.2) is 0 Å². The second-order valence-electron chi connectivity index (χ2n) is 4.47. The molecule has 0 fully saturated rings. The minimum Gasteiger partial charge on any atom is -0.395 e. The smallest absolute Gasteiger partial charge is 0.0553 e. The highest BCUT2D eigenvalue weighted by atomic mass is 79.9. The molecule has 1 aromatic heterocycles. The summed E-state index contributed by atoms with van der Waals surface area (Å²) in [5.74, 6) is 0. The number of benzene rings is 1. The van der Waals surface area contributed by atoms with Crippen molar-refractivity contribution in [1.82, 2.24) is 0 Å². The van der Waals surface area contributed by atoms with Crippen LogP contribution < -0.4 is 0 Å². The van der Waals surface area contributed by atoms with Gasteiger partial charge in [0.25, 0.3) is 0 Å². The van der Waals surface area contributed by atoms with Gasteiger partial charge in [-0.25, -0.2) is 0 Å². The first-order valence-corrected chi connectivity index (χ1v) is 7.86. The molecule has 2 N–H and O–H groups in total. The number of halogens is 2. The molecule has 0 atom stereocenters. The minimum absolute atomic E-state index is 0.116. The Hall–Kier alpha value is -0.390. The summed E-state index contributed by atoms with van der Waals surface area (Å²) < 4.78 is 1.01. The normalized spacial score (nSPS) is 11.8. The van der Waals surface area contributed by atoms with Crippen molar-refractivity contribution in [2.75, 3.05) is 13.2 Å². The van der Waals surface area contributed by atoms with Gasteiger partial charge in [0.2, 0.25) is 0 Å². The fraction of sp³-hybridized carbons (Fsp3) is 0.286. The predicted octanol–water partition coefficient (Wildman–Crippen LogP) is 3.63. The van der Waals surface area contributed by atoms with Gasteiger partial charge in [-0.2, -0.15) is 0 Å². The molecule has 5 heteroatoms. The molecule has 0 aliphatic carbocycles. The molecule has 0 saturated heterocycles. The van der Waals surface area contributed by atoms with E-state index >= 15 is 0 Å². The zero-order valence-corrected chi connectivity index (χ0v) is 13.3. The van der Waals surface area contributed by atoms with Crippen molar-refractivity contribution >= 4 is 38.9 Å². The lowest BCUT2D eigenvalue weighted by atomic mass is 9.78. The molecule has 102 valence electrons. The molecule has 2 rings (SSSR count). The van der Waals surface area contributed by atoms with Crippen LogP contribution in [0, 0.1) is 0 Å². The molecular weight excluding hydrogens is 348 g/mol. The Bertz CT molecular complexity index is 535. The fourth-order valence-corrected chi connectivity index (χ4v) is 3.77. The van der Waals surface area contributed by atoms with Gasteiger partial charge < -0.3 is 10.2 Å². The van der Waals surface area contributed by atoms with Gasteiger partial charge in [-0.05, 0) is 51.5 Å². The summed E-state index contributed by atoms with van der Waals surface area (Å²) in [6.45, 7) is -0.231. The van der Waals surface area contributed by atoms with Crippen LogP contribution in [0.5, 0.6) is 0 Å². The van der Waals surface area contributed by atoms with Gasteiger partial charge in [-0.1, -0.05) is 23.7 Å². The second kappa shape index (κ2) is 6.37. The van der Waals surface area contributed by atoms with Crippen LogP contribution in [0.1, 0.15) is 10.4 Å². The van der Waals surface area contributed by atoms with Crippen LogP contribution in [-0.2, 0) is 11.8 Å². The van der Waals surface area contributed by atoms with E-state index in [1.807, 2.05) is 23.6 Å². The van der Waals surface area contributed by atoms with Crippen molar-refractivity contribution < 1.29 is 10.2 Å². The highest BCUT2D eigenvalue weighted by molar-refractivity contribution is 9.10. The average molecular weight is 362 g/mol. The molecule has 0 saturated carbocycles. The molecule has 2 nitrogen and oxygen atoms in total. The molecule has 2 aromatic rings. The van der Waals surface area contributed by atoms with Crippen LogP contribution >= 0.6 is 38.9 Å². The Labute approximate surface area is 129 Å². The quantitative estimate of drug-likeness (QED) is 0.854. The summed E-state index contributed by atoms with van der Waals surface area (Å²) in [5.41, 5.74) is 0.208. The Morgan fingerprint density at radius 2 is 1.74 bits per heavy atom. The molecule has 0 amide bonds. The van der Waals surface area contributed by atoms with Gasteiger partial charge in [0.05, 0.1) is 13.2 Å². The van der Waals surface area contributed by atoms with E-state index in [0.717, 1.165) is 14.9 Å². The van der Waals surface area contributed by atoms with Crippen molar-refractivity contribution in [3.8, 4) is 0 Å². The van der Waals surface area contributed by atoms with E-state index in [2.05, 4.69) is 15.9 Å². The molecule has 0 unspecified atom stereocenters. The minimum atomic E-state index is -0.683. The van der Waals surface area contributed by atoms with E-state index in [0.29, 0.717) is 11.4 Å². The molecule has 1 aromatic carbocycles. The van der Waals surface area contributed by atoms with E-state index in [9.17, 15) is 10.2 Å². The second-order valence-corrected chi connectivity index (χ2v) is 6.76. The largest absolute Gasteiger partial charge is 0.395 e. The Balaban J connectivity index is 2.37. The lowest BCUT2D eigenvalue weighted by Crippen LogP contribution is -2.37. The van der Waals surface area contributed by atoms with Crippen LogP contribution in [-0.4, -0.2) is 23.4 Å². The first-order valence-electron chi connectivity index (χ1n) is 5.81. The summed E-state index contributed by atoms with van der Waals surface area (Å²) in [4.78, 5) is 1.11. The van der Waals surface area contributed by atoms with Gasteiger partial charge in [0, 0.05) is 19.8 Å². The summed E-state index contributed by atoms with van der Waals surface area (Å²) in [6.07, 6.45) is 0.583. The lowest BCUT2D eigenvalue weighted by molar-refractivity contribution is 0.116. The molecular formula is C14H14BrClO2S. The maximum atomic E-state index is 9.79. The van der Waals surface area contributed by atoms with Gasteiger partial charge >= 0.3 is 0 Å². The Kier molecular flexibility index (Phi) is 5.03. The zero-order valence-electron chi connectivity index (χ0n) is 10.1. The topological polar surface area (TPSA) is 40.5 Å². The Morgan fingerprint density at radius 1 is 1.11 bits per heavy atom. The number of aliphatic hydroxyl groups is 2. The molecule has 0 aliphatic rings. The molecule has 0 radical (unpaired) electrons. The molecule has 0 bridgehead atoms. The summed E-state index contributed by atoms with van der Waals surface area (Å²) >= 11 is 11.0. The summed E-state index contributed by atoms with van der Waals surface area (Å²) in [5, 5.41) is 22.2. The van der Waals surface area contributed by atoms with Crippen molar-refractivity contribution in [2.45, 2.75) is 11.8 Å². The average Bonchev–Trinajstić information content (AvgIpc) is 2.82. The van der Waals surface area contributed by atoms with Gasteiger partial charge in [-0.15, -0.1) is 11.3 Å². The standard InChI is InChI=1S/C14H14BrClO2S/c15-12-5-6-19-13(12)7-14(8-17,9-18)10-1-3-11(16)4-2-10/h1-6,17-18H,7-9H2. The van der Waals surface area contributed by atoms with Gasteiger partial charge in [0.1, 0.15) is 0 Å². The van der Waals surface area contributed by atoms with Crippen molar-refractivity contribution in [1.29, 1.82) is 0 Å². The third kappa shape index (κ3) is 3.20. The number of hydrogen-bond acceptors (Lipinski definition) is 3. The third-order valence-corrected chi connectivity index (χ3v) is 5.43. The van der Waals surface area contributed by atoms with Crippen molar-refractivity contribution in [2.24, 2.45) is 0 Å². The number of thiophene rings is 1. The van der Waals surface area contributed by atoms with E-state index in [-0.39, 0.29) is 13.2 Å². The lowest BCUT2D eigenvalue weighted by Gasteiger charge is -2.30. The van der Waals surface area contributed by atoms with E-state index in [1.54, 1.807) is 23.5 Å². The number of hydrogen-bond donors (Lipinski definition) is 2. The van der Waals surface area contributed by atoms with Crippen LogP contribution in [0.15, 0.2) is 40.2 Å². The fourth-order valence-electron chi connectivity index (χ4n) is 2.01. The molecule has 19 heavy (non-hydrogen) atoms. The third-order valence-electron chi connectivity index (χ3n) is 3.25. The molecule has 1 heterocycles. The maximum Gasteiger partial charge on any atom is 0.0553 e. The summed E-state index contributed by atoms with van der Waals surface area (Å²) in [7, 11) is 0. The SMILES string of the molecule is OCC(CO)(Cc1sccc1Br)c1ccc(Cl)cc1. The van der Waals surface area contributed by atoms with E-state index in [4.69, 9.17) is 11.6 Å². The monoisotopic (exact) mass is 360 g/mol. The van der Waals surface area contributed by atoms with Crippen molar-refractivity contribution in [3.05, 3.63) is 55.6 Å². The Morgan fingerprint density at radius 3 is 2.21 bits per heavy atom. The van der Waals surface area contributed by atoms with E-state index in [1.165, 1.54) is 0 Å². The van der Waals surface area contributed by atoms with E-state index < -0.39 is 5.41 Å². The summed E-state index contributed by atoms with van der Waals surface area (Å²) in [6, 6.07) is 9.24. The zero-order chi connectivity index (χ0) is 13.9. The highest BCUT2D eigenvalue weighted by Gasteiger charge is 2.32.